The molecular formula is C6H9N7. The standard InChI is InChI=1S/C6H9N7/c1-12-3-2-5(9-12)13-6(4-7)8-10-11-13/h2-3H,4,7H2,1H3. The monoisotopic (exact) mass is 179 g/mol. The minimum atomic E-state index is 0.295. The molecule has 2 aromatic heterocycles. The van der Waals surface area contributed by atoms with Crippen LogP contribution in [0.2, 0.25) is 0 Å². The zero-order valence-electron chi connectivity index (χ0n) is 7.12. The molecule has 0 aliphatic carbocycles. The Morgan fingerprint density at radius 1 is 1.54 bits per heavy atom. The first kappa shape index (κ1) is 7.87. The van der Waals surface area contributed by atoms with E-state index in [1.807, 2.05) is 19.3 Å². The molecule has 13 heavy (non-hydrogen) atoms. The molecule has 2 aromatic rings. The van der Waals surface area contributed by atoms with Crippen molar-refractivity contribution in [2.24, 2.45) is 12.8 Å². The van der Waals surface area contributed by atoms with Gasteiger partial charge in [-0.25, -0.2) is 0 Å². The zero-order chi connectivity index (χ0) is 9.26. The second kappa shape index (κ2) is 2.94. The van der Waals surface area contributed by atoms with Crippen LogP contribution in [0.5, 0.6) is 0 Å². The molecule has 0 atom stereocenters. The minimum Gasteiger partial charge on any atom is -0.324 e. The van der Waals surface area contributed by atoms with Gasteiger partial charge in [0.15, 0.2) is 11.6 Å². The van der Waals surface area contributed by atoms with Gasteiger partial charge in [-0.1, -0.05) is 0 Å². The van der Waals surface area contributed by atoms with Crippen molar-refractivity contribution in [3.05, 3.63) is 18.1 Å². The molecule has 0 aliphatic heterocycles. The van der Waals surface area contributed by atoms with Gasteiger partial charge in [0.05, 0.1) is 6.54 Å². The van der Waals surface area contributed by atoms with Gasteiger partial charge >= 0.3 is 0 Å². The number of hydrogen-bond acceptors (Lipinski definition) is 5. The molecule has 7 heteroatoms. The highest BCUT2D eigenvalue weighted by Gasteiger charge is 2.07. The SMILES string of the molecule is Cn1ccc(-n2nnnc2CN)n1. The Hall–Kier alpha value is -1.76. The Labute approximate surface area is 74.1 Å². The number of nitrogens with two attached hydrogens (primary N) is 1. The maximum absolute atomic E-state index is 5.44. The highest BCUT2D eigenvalue weighted by atomic mass is 15.6. The summed E-state index contributed by atoms with van der Waals surface area (Å²) in [5.74, 6) is 1.27. The maximum Gasteiger partial charge on any atom is 0.179 e. The van der Waals surface area contributed by atoms with Crippen LogP contribution in [0.3, 0.4) is 0 Å². The predicted octanol–water partition coefficient (Wildman–Crippen LogP) is -1.15. The molecule has 0 bridgehead atoms. The predicted molar refractivity (Wildman–Crippen MR) is 43.8 cm³/mol. The van der Waals surface area contributed by atoms with Gasteiger partial charge in [0.2, 0.25) is 0 Å². The van der Waals surface area contributed by atoms with Crippen molar-refractivity contribution in [1.29, 1.82) is 0 Å². The van der Waals surface area contributed by atoms with E-state index in [-0.39, 0.29) is 0 Å². The van der Waals surface area contributed by atoms with E-state index in [9.17, 15) is 0 Å². The van der Waals surface area contributed by atoms with E-state index < -0.39 is 0 Å². The van der Waals surface area contributed by atoms with Crippen LogP contribution in [0.1, 0.15) is 5.82 Å². The van der Waals surface area contributed by atoms with E-state index in [0.717, 1.165) is 0 Å². The number of nitrogens with zero attached hydrogens (tertiary/aromatic N) is 6. The summed E-state index contributed by atoms with van der Waals surface area (Å²) in [7, 11) is 1.83. The highest BCUT2D eigenvalue weighted by molar-refractivity contribution is 5.18. The molecule has 0 aromatic carbocycles. The first-order valence-electron chi connectivity index (χ1n) is 3.78. The van der Waals surface area contributed by atoms with Gasteiger partial charge in [-0.15, -0.1) is 5.10 Å². The van der Waals surface area contributed by atoms with E-state index in [1.165, 1.54) is 4.68 Å². The molecule has 2 N–H and O–H groups in total. The first-order valence-corrected chi connectivity index (χ1v) is 3.78. The van der Waals surface area contributed by atoms with Crippen molar-refractivity contribution < 1.29 is 0 Å². The van der Waals surface area contributed by atoms with Crippen LogP contribution in [0.25, 0.3) is 5.82 Å². The number of tetrazole rings is 1. The van der Waals surface area contributed by atoms with Crippen LogP contribution in [-0.4, -0.2) is 30.0 Å². The van der Waals surface area contributed by atoms with Crippen LogP contribution in [-0.2, 0) is 13.6 Å². The molecule has 0 amide bonds. The van der Waals surface area contributed by atoms with E-state index in [2.05, 4.69) is 20.6 Å². The number of hydrogen-bond donors (Lipinski definition) is 1. The Morgan fingerprint density at radius 3 is 3.00 bits per heavy atom. The maximum atomic E-state index is 5.44. The second-order valence-electron chi connectivity index (χ2n) is 2.56. The minimum absolute atomic E-state index is 0.295. The third kappa shape index (κ3) is 1.29. The third-order valence-electron chi connectivity index (χ3n) is 1.63. The lowest BCUT2D eigenvalue weighted by atomic mass is 10.5. The fraction of sp³-hybridized carbons (Fsp3) is 0.333. The normalized spacial score (nSPS) is 10.6. The Balaban J connectivity index is 2.45. The van der Waals surface area contributed by atoms with Crippen LogP contribution < -0.4 is 5.73 Å². The van der Waals surface area contributed by atoms with Crippen molar-refractivity contribution in [1.82, 2.24) is 30.0 Å². The van der Waals surface area contributed by atoms with E-state index in [1.54, 1.807) is 4.68 Å². The largest absolute Gasteiger partial charge is 0.324 e. The zero-order valence-corrected chi connectivity index (χ0v) is 7.12. The fourth-order valence-electron chi connectivity index (χ4n) is 1.03. The topological polar surface area (TPSA) is 87.4 Å². The molecule has 0 saturated carbocycles. The quantitative estimate of drug-likeness (QED) is 0.629. The van der Waals surface area contributed by atoms with Gasteiger partial charge in [-0.05, 0) is 10.4 Å². The smallest absolute Gasteiger partial charge is 0.179 e. The van der Waals surface area contributed by atoms with Gasteiger partial charge in [0.1, 0.15) is 0 Å². The average molecular weight is 179 g/mol. The lowest BCUT2D eigenvalue weighted by molar-refractivity contribution is 0.697. The molecule has 0 spiro atoms. The van der Waals surface area contributed by atoms with E-state index >= 15 is 0 Å². The molecular weight excluding hydrogens is 170 g/mol. The van der Waals surface area contributed by atoms with E-state index in [0.29, 0.717) is 18.2 Å². The summed E-state index contributed by atoms with van der Waals surface area (Å²) in [6.45, 7) is 0.295. The fourth-order valence-corrected chi connectivity index (χ4v) is 1.03. The van der Waals surface area contributed by atoms with Crippen molar-refractivity contribution in [3.63, 3.8) is 0 Å². The van der Waals surface area contributed by atoms with Crippen molar-refractivity contribution in [3.8, 4) is 5.82 Å². The Kier molecular flexibility index (Phi) is 1.78. The average Bonchev–Trinajstić information content (AvgIpc) is 2.71. The molecule has 0 fully saturated rings. The molecule has 0 radical (unpaired) electrons. The number of rotatable bonds is 2. The summed E-state index contributed by atoms with van der Waals surface area (Å²) < 4.78 is 3.19. The van der Waals surface area contributed by atoms with Crippen LogP contribution in [0, 0.1) is 0 Å². The molecule has 0 saturated heterocycles. The van der Waals surface area contributed by atoms with Gasteiger partial charge in [0.25, 0.3) is 0 Å². The summed E-state index contributed by atoms with van der Waals surface area (Å²) in [5, 5.41) is 15.2. The number of aromatic nitrogens is 6. The third-order valence-corrected chi connectivity index (χ3v) is 1.63. The van der Waals surface area contributed by atoms with Crippen LogP contribution in [0.15, 0.2) is 12.3 Å². The molecule has 0 unspecified atom stereocenters. The van der Waals surface area contributed by atoms with Crippen LogP contribution >= 0.6 is 0 Å². The molecule has 2 rings (SSSR count). The second-order valence-corrected chi connectivity index (χ2v) is 2.56. The lowest BCUT2D eigenvalue weighted by Gasteiger charge is -1.96. The van der Waals surface area contributed by atoms with Crippen LogP contribution in [0.4, 0.5) is 0 Å². The molecule has 0 aliphatic rings. The summed E-state index contributed by atoms with van der Waals surface area (Å²) >= 11 is 0. The summed E-state index contributed by atoms with van der Waals surface area (Å²) in [6, 6.07) is 1.82. The molecule has 68 valence electrons. The summed E-state index contributed by atoms with van der Waals surface area (Å²) in [5.41, 5.74) is 5.44. The van der Waals surface area contributed by atoms with Crippen molar-refractivity contribution in [2.45, 2.75) is 6.54 Å². The summed E-state index contributed by atoms with van der Waals surface area (Å²) in [4.78, 5) is 0. The van der Waals surface area contributed by atoms with Gasteiger partial charge < -0.3 is 5.73 Å². The lowest BCUT2D eigenvalue weighted by Crippen LogP contribution is -2.08. The number of aryl methyl sites for hydroxylation is 1. The van der Waals surface area contributed by atoms with E-state index in [4.69, 9.17) is 5.73 Å². The van der Waals surface area contributed by atoms with Gasteiger partial charge in [-0.3, -0.25) is 4.68 Å². The Morgan fingerprint density at radius 2 is 2.38 bits per heavy atom. The summed E-state index contributed by atoms with van der Waals surface area (Å²) in [6.07, 6.45) is 1.82. The Bertz CT molecular complexity index is 401. The highest BCUT2D eigenvalue weighted by Crippen LogP contribution is 2.02. The van der Waals surface area contributed by atoms with Gasteiger partial charge in [0, 0.05) is 19.3 Å². The first-order chi connectivity index (χ1) is 6.31. The molecule has 2 heterocycles. The molecule has 7 nitrogen and oxygen atoms in total. The van der Waals surface area contributed by atoms with Crippen molar-refractivity contribution >= 4 is 0 Å². The van der Waals surface area contributed by atoms with Gasteiger partial charge in [-0.2, -0.15) is 9.78 Å². The van der Waals surface area contributed by atoms with Crippen molar-refractivity contribution in [2.75, 3.05) is 0 Å².